The second-order valence-corrected chi connectivity index (χ2v) is 6.15. The summed E-state index contributed by atoms with van der Waals surface area (Å²) in [6, 6.07) is 0.531. The number of aromatic nitrogens is 2. The van der Waals surface area contributed by atoms with Crippen LogP contribution in [0, 0.1) is 0 Å². The van der Waals surface area contributed by atoms with E-state index in [1.54, 1.807) is 0 Å². The molecule has 0 N–H and O–H groups in total. The molecule has 1 aromatic heterocycles. The number of ether oxygens (including phenoxy) is 1. The van der Waals surface area contributed by atoms with E-state index in [0.717, 1.165) is 19.4 Å². The SMILES string of the molecule is CCCCCCCCCOc1ncc(CCCCCC)cn1. The molecule has 0 bridgehead atoms. The molecule has 0 amide bonds. The van der Waals surface area contributed by atoms with Gasteiger partial charge in [0, 0.05) is 12.4 Å². The van der Waals surface area contributed by atoms with Crippen LogP contribution in [0.2, 0.25) is 0 Å². The quantitative estimate of drug-likeness (QED) is 0.412. The maximum Gasteiger partial charge on any atom is 0.316 e. The van der Waals surface area contributed by atoms with Crippen molar-refractivity contribution in [1.29, 1.82) is 0 Å². The van der Waals surface area contributed by atoms with Crippen LogP contribution in [0.25, 0.3) is 0 Å². The van der Waals surface area contributed by atoms with E-state index in [0.29, 0.717) is 6.01 Å². The summed E-state index contributed by atoms with van der Waals surface area (Å²) < 4.78 is 5.61. The molecule has 0 saturated heterocycles. The summed E-state index contributed by atoms with van der Waals surface area (Å²) in [5.41, 5.74) is 1.22. The molecule has 0 radical (unpaired) electrons. The standard InChI is InChI=1S/C19H34N2O/c1-3-5-7-9-10-11-13-15-22-19-20-16-18(17-21-19)14-12-8-6-4-2/h16-17H,3-15H2,1-2H3. The zero-order valence-electron chi connectivity index (χ0n) is 14.6. The minimum absolute atomic E-state index is 0.531. The molecule has 0 spiro atoms. The van der Waals surface area contributed by atoms with Crippen molar-refractivity contribution < 1.29 is 4.74 Å². The van der Waals surface area contributed by atoms with E-state index < -0.39 is 0 Å². The highest BCUT2D eigenvalue weighted by molar-refractivity contribution is 5.07. The molecule has 0 fully saturated rings. The molecule has 126 valence electrons. The van der Waals surface area contributed by atoms with Crippen LogP contribution in [0.15, 0.2) is 12.4 Å². The molecule has 1 heterocycles. The summed E-state index contributed by atoms with van der Waals surface area (Å²) in [5.74, 6) is 0. The fourth-order valence-electron chi connectivity index (χ4n) is 2.53. The normalized spacial score (nSPS) is 10.8. The first-order valence-corrected chi connectivity index (χ1v) is 9.30. The van der Waals surface area contributed by atoms with Crippen LogP contribution in [0.3, 0.4) is 0 Å². The molecule has 0 aromatic carbocycles. The van der Waals surface area contributed by atoms with Crippen molar-refractivity contribution in [3.05, 3.63) is 18.0 Å². The van der Waals surface area contributed by atoms with Gasteiger partial charge in [-0.15, -0.1) is 0 Å². The largest absolute Gasteiger partial charge is 0.463 e. The second kappa shape index (κ2) is 13.5. The minimum atomic E-state index is 0.531. The van der Waals surface area contributed by atoms with Gasteiger partial charge in [-0.2, -0.15) is 0 Å². The van der Waals surface area contributed by atoms with Gasteiger partial charge < -0.3 is 4.74 Å². The molecule has 1 rings (SSSR count). The van der Waals surface area contributed by atoms with Crippen LogP contribution in [0.4, 0.5) is 0 Å². The number of hydrogen-bond acceptors (Lipinski definition) is 3. The minimum Gasteiger partial charge on any atom is -0.463 e. The fourth-order valence-corrected chi connectivity index (χ4v) is 2.53. The van der Waals surface area contributed by atoms with Gasteiger partial charge in [0.05, 0.1) is 6.61 Å². The summed E-state index contributed by atoms with van der Waals surface area (Å²) in [4.78, 5) is 8.61. The highest BCUT2D eigenvalue weighted by Gasteiger charge is 1.99. The Morgan fingerprint density at radius 1 is 0.727 bits per heavy atom. The van der Waals surface area contributed by atoms with Crippen molar-refractivity contribution in [3.63, 3.8) is 0 Å². The predicted molar refractivity (Wildman–Crippen MR) is 93.4 cm³/mol. The molecule has 3 nitrogen and oxygen atoms in total. The summed E-state index contributed by atoms with van der Waals surface area (Å²) in [5, 5.41) is 0. The van der Waals surface area contributed by atoms with Gasteiger partial charge >= 0.3 is 6.01 Å². The number of aryl methyl sites for hydroxylation is 1. The highest BCUT2D eigenvalue weighted by atomic mass is 16.5. The summed E-state index contributed by atoms with van der Waals surface area (Å²) in [6.45, 7) is 5.23. The van der Waals surface area contributed by atoms with E-state index in [1.807, 2.05) is 12.4 Å². The number of nitrogens with zero attached hydrogens (tertiary/aromatic N) is 2. The smallest absolute Gasteiger partial charge is 0.316 e. The topological polar surface area (TPSA) is 35.0 Å². The van der Waals surface area contributed by atoms with Crippen molar-refractivity contribution >= 4 is 0 Å². The first-order valence-electron chi connectivity index (χ1n) is 9.30. The van der Waals surface area contributed by atoms with E-state index >= 15 is 0 Å². The van der Waals surface area contributed by atoms with Crippen LogP contribution in [-0.4, -0.2) is 16.6 Å². The van der Waals surface area contributed by atoms with Crippen LogP contribution in [0.1, 0.15) is 90.0 Å². The van der Waals surface area contributed by atoms with Gasteiger partial charge in [0.15, 0.2) is 0 Å². The zero-order chi connectivity index (χ0) is 15.9. The van der Waals surface area contributed by atoms with E-state index in [9.17, 15) is 0 Å². The molecule has 0 aliphatic rings. The van der Waals surface area contributed by atoms with Crippen molar-refractivity contribution in [1.82, 2.24) is 9.97 Å². The van der Waals surface area contributed by atoms with Gasteiger partial charge in [-0.1, -0.05) is 71.6 Å². The molecule has 0 unspecified atom stereocenters. The van der Waals surface area contributed by atoms with Gasteiger partial charge in [-0.3, -0.25) is 0 Å². The van der Waals surface area contributed by atoms with Gasteiger partial charge in [0.1, 0.15) is 0 Å². The summed E-state index contributed by atoms with van der Waals surface area (Å²) in [7, 11) is 0. The van der Waals surface area contributed by atoms with Crippen LogP contribution < -0.4 is 4.74 Å². The first kappa shape index (κ1) is 18.9. The summed E-state index contributed by atoms with van der Waals surface area (Å²) >= 11 is 0. The Kier molecular flexibility index (Phi) is 11.6. The van der Waals surface area contributed by atoms with Crippen LogP contribution in [0.5, 0.6) is 6.01 Å². The van der Waals surface area contributed by atoms with Crippen molar-refractivity contribution in [2.45, 2.75) is 90.9 Å². The first-order chi connectivity index (χ1) is 10.9. The molecule has 1 aromatic rings. The average Bonchev–Trinajstić information content (AvgIpc) is 2.55. The van der Waals surface area contributed by atoms with E-state index in [1.165, 1.54) is 69.8 Å². The Labute approximate surface area is 136 Å². The zero-order valence-corrected chi connectivity index (χ0v) is 14.6. The lowest BCUT2D eigenvalue weighted by Crippen LogP contribution is -2.01. The van der Waals surface area contributed by atoms with Crippen molar-refractivity contribution in [2.75, 3.05) is 6.61 Å². The molecular weight excluding hydrogens is 272 g/mol. The molecule has 22 heavy (non-hydrogen) atoms. The lowest BCUT2D eigenvalue weighted by Gasteiger charge is -2.05. The Hall–Kier alpha value is -1.12. The number of rotatable bonds is 14. The Morgan fingerprint density at radius 2 is 1.27 bits per heavy atom. The van der Waals surface area contributed by atoms with Gasteiger partial charge in [-0.05, 0) is 24.8 Å². The molecule has 3 heteroatoms. The van der Waals surface area contributed by atoms with Gasteiger partial charge in [0.2, 0.25) is 0 Å². The molecule has 0 aliphatic carbocycles. The molecule has 0 aliphatic heterocycles. The van der Waals surface area contributed by atoms with E-state index in [4.69, 9.17) is 4.74 Å². The van der Waals surface area contributed by atoms with Crippen LogP contribution in [-0.2, 0) is 6.42 Å². The third kappa shape index (κ3) is 9.75. The Bertz CT molecular complexity index is 351. The van der Waals surface area contributed by atoms with Crippen LogP contribution >= 0.6 is 0 Å². The number of hydrogen-bond donors (Lipinski definition) is 0. The third-order valence-electron chi connectivity index (χ3n) is 3.98. The third-order valence-corrected chi connectivity index (χ3v) is 3.98. The Balaban J connectivity index is 2.04. The predicted octanol–water partition coefficient (Wildman–Crippen LogP) is 5.73. The van der Waals surface area contributed by atoms with E-state index in [-0.39, 0.29) is 0 Å². The fraction of sp³-hybridized carbons (Fsp3) is 0.789. The Morgan fingerprint density at radius 3 is 1.91 bits per heavy atom. The summed E-state index contributed by atoms with van der Waals surface area (Å²) in [6.07, 6.45) is 19.1. The van der Waals surface area contributed by atoms with Crippen molar-refractivity contribution in [2.24, 2.45) is 0 Å². The lowest BCUT2D eigenvalue weighted by atomic mass is 10.1. The monoisotopic (exact) mass is 306 g/mol. The second-order valence-electron chi connectivity index (χ2n) is 6.15. The number of unbranched alkanes of at least 4 members (excludes halogenated alkanes) is 9. The maximum absolute atomic E-state index is 5.61. The van der Waals surface area contributed by atoms with E-state index in [2.05, 4.69) is 23.8 Å². The lowest BCUT2D eigenvalue weighted by molar-refractivity contribution is 0.281. The van der Waals surface area contributed by atoms with Gasteiger partial charge in [-0.25, -0.2) is 9.97 Å². The van der Waals surface area contributed by atoms with Crippen molar-refractivity contribution in [3.8, 4) is 6.01 Å². The molecular formula is C19H34N2O. The van der Waals surface area contributed by atoms with Gasteiger partial charge in [0.25, 0.3) is 0 Å². The maximum atomic E-state index is 5.61. The molecule has 0 saturated carbocycles. The highest BCUT2D eigenvalue weighted by Crippen LogP contribution is 2.10. The molecule has 0 atom stereocenters. The average molecular weight is 306 g/mol.